The Morgan fingerprint density at radius 2 is 2.26 bits per heavy atom. The number of rotatable bonds is 1. The summed E-state index contributed by atoms with van der Waals surface area (Å²) < 4.78 is 5.81. The summed E-state index contributed by atoms with van der Waals surface area (Å²) in [5.41, 5.74) is 6.85. The van der Waals surface area contributed by atoms with Crippen LogP contribution in [0.15, 0.2) is 35.6 Å². The monoisotopic (exact) mass is 251 g/mol. The number of aromatic amines is 1. The number of aliphatic imine (C=N–C) groups is 1. The minimum absolute atomic E-state index is 0.580. The maximum absolute atomic E-state index is 5.81. The van der Waals surface area contributed by atoms with E-state index in [1.165, 1.54) is 11.1 Å². The summed E-state index contributed by atoms with van der Waals surface area (Å²) in [5, 5.41) is 7.12. The van der Waals surface area contributed by atoms with E-state index in [-0.39, 0.29) is 0 Å². The average Bonchev–Trinajstić information content (AvgIpc) is 3.06. The molecule has 0 atom stereocenters. The summed E-state index contributed by atoms with van der Waals surface area (Å²) in [6, 6.07) is 6.31. The number of ether oxygens (including phenoxy) is 1. The molecule has 0 spiro atoms. The first-order valence-corrected chi connectivity index (χ1v) is 6.33. The van der Waals surface area contributed by atoms with Crippen molar-refractivity contribution in [2.24, 2.45) is 4.99 Å². The van der Waals surface area contributed by atoms with E-state index >= 15 is 0 Å². The molecule has 19 heavy (non-hydrogen) atoms. The van der Waals surface area contributed by atoms with Gasteiger partial charge in [0.05, 0.1) is 11.9 Å². The zero-order valence-electron chi connectivity index (χ0n) is 10.6. The highest BCUT2D eigenvalue weighted by molar-refractivity contribution is 5.97. The Hall–Kier alpha value is -2.36. The Morgan fingerprint density at radius 1 is 1.32 bits per heavy atom. The van der Waals surface area contributed by atoms with Gasteiger partial charge in [0, 0.05) is 29.5 Å². The zero-order chi connectivity index (χ0) is 12.8. The van der Waals surface area contributed by atoms with E-state index in [0.717, 1.165) is 34.7 Å². The molecule has 1 aromatic carbocycles. The van der Waals surface area contributed by atoms with Gasteiger partial charge in [-0.3, -0.25) is 10.1 Å². The van der Waals surface area contributed by atoms with Crippen molar-refractivity contribution in [2.45, 2.75) is 20.0 Å². The highest BCUT2D eigenvalue weighted by Gasteiger charge is 2.20. The van der Waals surface area contributed by atoms with Gasteiger partial charge in [0.2, 0.25) is 0 Å². The van der Waals surface area contributed by atoms with Crippen LogP contribution in [0.4, 0.5) is 0 Å². The largest absolute Gasteiger partial charge is 0.488 e. The van der Waals surface area contributed by atoms with Crippen LogP contribution in [0.25, 0.3) is 16.8 Å². The second-order valence-corrected chi connectivity index (χ2v) is 4.97. The van der Waals surface area contributed by atoms with E-state index in [1.54, 1.807) is 0 Å². The molecule has 4 nitrogen and oxygen atoms in total. The van der Waals surface area contributed by atoms with Crippen molar-refractivity contribution in [1.29, 1.82) is 0 Å². The molecule has 2 aromatic rings. The quantitative estimate of drug-likeness (QED) is 0.846. The van der Waals surface area contributed by atoms with Gasteiger partial charge in [0.25, 0.3) is 0 Å². The van der Waals surface area contributed by atoms with Crippen LogP contribution in [-0.2, 0) is 6.61 Å². The fraction of sp³-hybridized carbons (Fsp3) is 0.200. The van der Waals surface area contributed by atoms with Gasteiger partial charge in [0.15, 0.2) is 0 Å². The lowest BCUT2D eigenvalue weighted by atomic mass is 9.98. The summed E-state index contributed by atoms with van der Waals surface area (Å²) >= 11 is 0. The third-order valence-corrected chi connectivity index (χ3v) is 3.61. The van der Waals surface area contributed by atoms with Crippen LogP contribution in [0, 0.1) is 0 Å². The van der Waals surface area contributed by atoms with Crippen LogP contribution in [0.2, 0.25) is 0 Å². The minimum atomic E-state index is 0.580. The first-order chi connectivity index (χ1) is 9.31. The van der Waals surface area contributed by atoms with Crippen molar-refractivity contribution >= 4 is 11.3 Å². The summed E-state index contributed by atoms with van der Waals surface area (Å²) in [7, 11) is 0. The summed E-state index contributed by atoms with van der Waals surface area (Å²) in [6.45, 7) is 2.63. The highest BCUT2D eigenvalue weighted by atomic mass is 16.5. The molecule has 4 rings (SSSR count). The number of allylic oxidation sites excluding steroid dienone is 1. The van der Waals surface area contributed by atoms with Gasteiger partial charge >= 0.3 is 0 Å². The van der Waals surface area contributed by atoms with Gasteiger partial charge in [-0.2, -0.15) is 5.10 Å². The summed E-state index contributed by atoms with van der Waals surface area (Å²) in [4.78, 5) is 4.33. The molecule has 0 unspecified atom stereocenters. The first-order valence-electron chi connectivity index (χ1n) is 6.33. The van der Waals surface area contributed by atoms with Gasteiger partial charge in [-0.25, -0.2) is 0 Å². The van der Waals surface area contributed by atoms with E-state index in [2.05, 4.69) is 40.3 Å². The summed E-state index contributed by atoms with van der Waals surface area (Å²) in [6.07, 6.45) is 4.69. The van der Waals surface area contributed by atoms with Gasteiger partial charge < -0.3 is 4.74 Å². The Labute approximate surface area is 110 Å². The number of aromatic nitrogens is 2. The van der Waals surface area contributed by atoms with Gasteiger partial charge in [-0.15, -0.1) is 0 Å². The third kappa shape index (κ3) is 1.60. The molecule has 3 heterocycles. The van der Waals surface area contributed by atoms with Crippen LogP contribution in [0.1, 0.15) is 24.5 Å². The number of nitrogens with zero attached hydrogens (tertiary/aromatic N) is 2. The number of hydrogen-bond acceptors (Lipinski definition) is 3. The van der Waals surface area contributed by atoms with Gasteiger partial charge in [0.1, 0.15) is 12.4 Å². The molecule has 0 amide bonds. The second kappa shape index (κ2) is 3.82. The molecule has 94 valence electrons. The maximum atomic E-state index is 5.81. The fourth-order valence-electron chi connectivity index (χ4n) is 2.59. The first kappa shape index (κ1) is 10.6. The van der Waals surface area contributed by atoms with E-state index in [1.807, 2.05) is 12.4 Å². The van der Waals surface area contributed by atoms with E-state index in [4.69, 9.17) is 4.74 Å². The average molecular weight is 251 g/mol. The normalized spacial score (nSPS) is 16.3. The predicted molar refractivity (Wildman–Crippen MR) is 74.1 cm³/mol. The van der Waals surface area contributed by atoms with Crippen molar-refractivity contribution in [2.75, 3.05) is 0 Å². The standard InChI is InChI=1S/C15H13N3O/c1-9-4-11(6-16-9)10-2-3-13-14(5-10)19-8-12-7-17-18-15(12)13/h2-3,5-7H,4,8H2,1H3,(H,17,18). The Balaban J connectivity index is 1.77. The number of hydrogen-bond donors (Lipinski definition) is 1. The fourth-order valence-corrected chi connectivity index (χ4v) is 2.59. The molecule has 0 fully saturated rings. The van der Waals surface area contributed by atoms with E-state index < -0.39 is 0 Å². The van der Waals surface area contributed by atoms with Gasteiger partial charge in [-0.1, -0.05) is 6.07 Å². The van der Waals surface area contributed by atoms with Crippen LogP contribution < -0.4 is 4.74 Å². The highest BCUT2D eigenvalue weighted by Crippen LogP contribution is 2.38. The lowest BCUT2D eigenvalue weighted by molar-refractivity contribution is 0.302. The van der Waals surface area contributed by atoms with Crippen LogP contribution in [-0.4, -0.2) is 15.9 Å². The number of fused-ring (bicyclic) bond motifs is 3. The minimum Gasteiger partial charge on any atom is -0.488 e. The van der Waals surface area contributed by atoms with Crippen LogP contribution in [0.3, 0.4) is 0 Å². The van der Waals surface area contributed by atoms with Crippen LogP contribution >= 0.6 is 0 Å². The molecule has 0 aliphatic carbocycles. The molecular weight excluding hydrogens is 238 g/mol. The zero-order valence-corrected chi connectivity index (χ0v) is 10.6. The molecule has 0 radical (unpaired) electrons. The maximum Gasteiger partial charge on any atom is 0.129 e. The lowest BCUT2D eigenvalue weighted by Crippen LogP contribution is -2.04. The van der Waals surface area contributed by atoms with E-state index in [0.29, 0.717) is 6.61 Å². The van der Waals surface area contributed by atoms with E-state index in [9.17, 15) is 0 Å². The Bertz CT molecular complexity index is 725. The SMILES string of the molecule is CC1=NC=C(c2ccc3c(c2)OCc2cn[nH]c2-3)C1. The molecular formula is C15H13N3O. The molecule has 2 aliphatic rings. The molecule has 0 saturated heterocycles. The predicted octanol–water partition coefficient (Wildman–Crippen LogP) is 3.17. The van der Waals surface area contributed by atoms with Crippen molar-refractivity contribution in [3.05, 3.63) is 41.7 Å². The second-order valence-electron chi connectivity index (χ2n) is 4.97. The molecule has 0 bridgehead atoms. The number of benzene rings is 1. The summed E-state index contributed by atoms with van der Waals surface area (Å²) in [5.74, 6) is 0.916. The topological polar surface area (TPSA) is 50.3 Å². The third-order valence-electron chi connectivity index (χ3n) is 3.61. The molecule has 1 aromatic heterocycles. The van der Waals surface area contributed by atoms with Crippen molar-refractivity contribution < 1.29 is 4.74 Å². The van der Waals surface area contributed by atoms with Gasteiger partial charge in [-0.05, 0) is 30.2 Å². The lowest BCUT2D eigenvalue weighted by Gasteiger charge is -2.18. The Kier molecular flexibility index (Phi) is 2.12. The van der Waals surface area contributed by atoms with Crippen LogP contribution in [0.5, 0.6) is 5.75 Å². The number of nitrogens with one attached hydrogen (secondary N) is 1. The van der Waals surface area contributed by atoms with Crippen molar-refractivity contribution in [3.63, 3.8) is 0 Å². The van der Waals surface area contributed by atoms with Crippen molar-refractivity contribution in [3.8, 4) is 17.0 Å². The number of H-pyrrole nitrogens is 1. The Morgan fingerprint density at radius 3 is 3.11 bits per heavy atom. The van der Waals surface area contributed by atoms with Crippen molar-refractivity contribution in [1.82, 2.24) is 10.2 Å². The molecule has 1 N–H and O–H groups in total. The molecule has 0 saturated carbocycles. The molecule has 4 heteroatoms. The smallest absolute Gasteiger partial charge is 0.129 e. The molecule has 2 aliphatic heterocycles.